The van der Waals surface area contributed by atoms with E-state index in [1.54, 1.807) is 25.3 Å². The molecule has 0 bridgehead atoms. The van der Waals surface area contributed by atoms with Crippen LogP contribution in [0.3, 0.4) is 0 Å². The monoisotopic (exact) mass is 439 g/mol. The van der Waals surface area contributed by atoms with E-state index in [2.05, 4.69) is 20.4 Å². The summed E-state index contributed by atoms with van der Waals surface area (Å²) < 4.78 is 43.2. The number of pyridine rings is 2. The van der Waals surface area contributed by atoms with E-state index in [9.17, 15) is 23.1 Å². The maximum absolute atomic E-state index is 12.4. The highest BCUT2D eigenvalue weighted by Crippen LogP contribution is 2.22. The highest BCUT2D eigenvalue weighted by atomic mass is 19.4. The Labute approximate surface area is 174 Å². The number of aryl methyl sites for hydroxylation is 1. The van der Waals surface area contributed by atoms with E-state index in [1.807, 2.05) is 0 Å². The van der Waals surface area contributed by atoms with Gasteiger partial charge in [-0.1, -0.05) is 0 Å². The lowest BCUT2D eigenvalue weighted by molar-refractivity contribution is -0.153. The Bertz CT molecular complexity index is 1070. The minimum absolute atomic E-state index is 0.0416. The molecule has 0 saturated heterocycles. The van der Waals surface area contributed by atoms with Gasteiger partial charge in [0.25, 0.3) is 5.91 Å². The van der Waals surface area contributed by atoms with Gasteiger partial charge in [0.1, 0.15) is 11.4 Å². The third-order valence-electron chi connectivity index (χ3n) is 4.24. The fraction of sp³-hybridized carbons (Fsp3) is 0.368. The zero-order valence-corrected chi connectivity index (χ0v) is 16.4. The molecule has 0 aliphatic carbocycles. The summed E-state index contributed by atoms with van der Waals surface area (Å²) in [7, 11) is 0. The van der Waals surface area contributed by atoms with E-state index < -0.39 is 31.4 Å². The quantitative estimate of drug-likeness (QED) is 0.482. The molecule has 3 heterocycles. The Hall–Kier alpha value is -3.25. The van der Waals surface area contributed by atoms with Crippen LogP contribution in [0, 0.1) is 6.92 Å². The van der Waals surface area contributed by atoms with Crippen molar-refractivity contribution in [2.75, 3.05) is 19.8 Å². The van der Waals surface area contributed by atoms with E-state index in [0.717, 1.165) is 0 Å². The molecule has 0 saturated carbocycles. The van der Waals surface area contributed by atoms with Gasteiger partial charge in [-0.05, 0) is 24.6 Å². The van der Waals surface area contributed by atoms with Crippen LogP contribution in [0.2, 0.25) is 0 Å². The Morgan fingerprint density at radius 1 is 1.35 bits per heavy atom. The number of hydrogen-bond acceptors (Lipinski definition) is 7. The van der Waals surface area contributed by atoms with Gasteiger partial charge in [-0.3, -0.25) is 19.4 Å². The molecule has 3 rings (SSSR count). The summed E-state index contributed by atoms with van der Waals surface area (Å²) in [5, 5.41) is 25.5. The SMILES string of the molecule is Cc1cc(Cn2cc3c(C(=O)NCC(O)CO)nccc3n2)ncc1OCC(F)(F)F. The number of nitrogens with zero attached hydrogens (tertiary/aromatic N) is 4. The summed E-state index contributed by atoms with van der Waals surface area (Å²) in [6, 6.07) is 3.22. The second kappa shape index (κ2) is 9.27. The van der Waals surface area contributed by atoms with Gasteiger partial charge in [-0.2, -0.15) is 18.3 Å². The van der Waals surface area contributed by atoms with E-state index in [-0.39, 0.29) is 24.5 Å². The molecule has 9 nitrogen and oxygen atoms in total. The molecule has 1 amide bonds. The number of aromatic nitrogens is 4. The summed E-state index contributed by atoms with van der Waals surface area (Å²) >= 11 is 0. The van der Waals surface area contributed by atoms with Gasteiger partial charge in [0.2, 0.25) is 0 Å². The van der Waals surface area contributed by atoms with E-state index in [4.69, 9.17) is 9.84 Å². The minimum atomic E-state index is -4.44. The first kappa shape index (κ1) is 22.4. The third-order valence-corrected chi connectivity index (χ3v) is 4.24. The molecular formula is C19H20F3N5O4. The smallest absolute Gasteiger partial charge is 0.422 e. The summed E-state index contributed by atoms with van der Waals surface area (Å²) in [5.74, 6) is -0.488. The number of hydrogen-bond donors (Lipinski definition) is 3. The van der Waals surface area contributed by atoms with Crippen LogP contribution in [-0.2, 0) is 6.54 Å². The van der Waals surface area contributed by atoms with Crippen LogP contribution in [0.25, 0.3) is 10.9 Å². The molecule has 12 heteroatoms. The summed E-state index contributed by atoms with van der Waals surface area (Å²) in [6.07, 6.45) is -1.26. The lowest BCUT2D eigenvalue weighted by Crippen LogP contribution is -2.34. The van der Waals surface area contributed by atoms with Gasteiger partial charge in [0, 0.05) is 18.9 Å². The number of aliphatic hydroxyl groups excluding tert-OH is 2. The molecule has 166 valence electrons. The first-order chi connectivity index (χ1) is 14.7. The number of rotatable bonds is 8. The molecule has 0 aliphatic rings. The van der Waals surface area contributed by atoms with Crippen LogP contribution < -0.4 is 10.1 Å². The second-order valence-electron chi connectivity index (χ2n) is 6.81. The number of alkyl halides is 3. The molecule has 3 N–H and O–H groups in total. The first-order valence-electron chi connectivity index (χ1n) is 9.20. The fourth-order valence-electron chi connectivity index (χ4n) is 2.78. The maximum Gasteiger partial charge on any atom is 0.422 e. The van der Waals surface area contributed by atoms with Crippen molar-refractivity contribution >= 4 is 16.8 Å². The first-order valence-corrected chi connectivity index (χ1v) is 9.20. The zero-order chi connectivity index (χ0) is 22.6. The number of carbonyl (C=O) groups is 1. The van der Waals surface area contributed by atoms with Crippen LogP contribution in [0.5, 0.6) is 5.75 Å². The van der Waals surface area contributed by atoms with Crippen molar-refractivity contribution in [3.05, 3.63) is 47.7 Å². The van der Waals surface area contributed by atoms with Crippen LogP contribution in [0.1, 0.15) is 21.7 Å². The van der Waals surface area contributed by atoms with Crippen LogP contribution in [0.15, 0.2) is 30.7 Å². The Morgan fingerprint density at radius 3 is 2.81 bits per heavy atom. The van der Waals surface area contributed by atoms with Gasteiger partial charge in [0.05, 0.1) is 42.0 Å². The van der Waals surface area contributed by atoms with Gasteiger partial charge in [0.15, 0.2) is 6.61 Å². The summed E-state index contributed by atoms with van der Waals surface area (Å²) in [5.41, 5.74) is 1.64. The maximum atomic E-state index is 12.4. The van der Waals surface area contributed by atoms with Crippen LogP contribution in [0.4, 0.5) is 13.2 Å². The van der Waals surface area contributed by atoms with Crippen molar-refractivity contribution < 1.29 is 32.9 Å². The number of ether oxygens (including phenoxy) is 1. The van der Waals surface area contributed by atoms with Crippen molar-refractivity contribution in [2.24, 2.45) is 0 Å². The predicted octanol–water partition coefficient (Wildman–Crippen LogP) is 1.21. The van der Waals surface area contributed by atoms with E-state index in [1.165, 1.54) is 17.1 Å². The topological polar surface area (TPSA) is 122 Å². The molecule has 0 aromatic carbocycles. The number of halogens is 3. The molecule has 3 aromatic heterocycles. The summed E-state index contributed by atoms with van der Waals surface area (Å²) in [6.45, 7) is -0.189. The van der Waals surface area contributed by atoms with Gasteiger partial charge >= 0.3 is 6.18 Å². The molecule has 0 spiro atoms. The fourth-order valence-corrected chi connectivity index (χ4v) is 2.78. The van der Waals surface area contributed by atoms with Crippen LogP contribution >= 0.6 is 0 Å². The average molecular weight is 439 g/mol. The standard InChI is InChI=1S/C19H20F3N5O4/c1-11-4-12(24-6-16(11)31-10-19(20,21)22)7-27-8-14-15(26-27)2-3-23-17(14)18(30)25-5-13(29)9-28/h2-4,6,8,13,28-29H,5,7,9-10H2,1H3,(H,25,30). The number of carbonyl (C=O) groups excluding carboxylic acids is 1. The van der Waals surface area contributed by atoms with E-state index in [0.29, 0.717) is 22.2 Å². The van der Waals surface area contributed by atoms with Crippen molar-refractivity contribution in [3.63, 3.8) is 0 Å². The average Bonchev–Trinajstić information content (AvgIpc) is 3.12. The molecule has 0 fully saturated rings. The molecule has 3 aromatic rings. The lowest BCUT2D eigenvalue weighted by atomic mass is 10.2. The predicted molar refractivity (Wildman–Crippen MR) is 103 cm³/mol. The lowest BCUT2D eigenvalue weighted by Gasteiger charge is -2.11. The minimum Gasteiger partial charge on any atom is -0.482 e. The van der Waals surface area contributed by atoms with E-state index >= 15 is 0 Å². The molecule has 0 radical (unpaired) electrons. The normalized spacial score (nSPS) is 12.7. The zero-order valence-electron chi connectivity index (χ0n) is 16.4. The van der Waals surface area contributed by atoms with Crippen molar-refractivity contribution in [3.8, 4) is 5.75 Å². The second-order valence-corrected chi connectivity index (χ2v) is 6.81. The van der Waals surface area contributed by atoms with Gasteiger partial charge in [-0.15, -0.1) is 0 Å². The van der Waals surface area contributed by atoms with Crippen LogP contribution in [-0.4, -0.2) is 67.9 Å². The number of fused-ring (bicyclic) bond motifs is 1. The number of aliphatic hydroxyl groups is 2. The Balaban J connectivity index is 1.75. The molecule has 0 aliphatic heterocycles. The molecular weight excluding hydrogens is 419 g/mol. The van der Waals surface area contributed by atoms with Gasteiger partial charge < -0.3 is 20.3 Å². The number of amides is 1. The molecule has 31 heavy (non-hydrogen) atoms. The summed E-state index contributed by atoms with van der Waals surface area (Å²) in [4.78, 5) is 20.5. The van der Waals surface area contributed by atoms with Crippen molar-refractivity contribution in [1.82, 2.24) is 25.1 Å². The van der Waals surface area contributed by atoms with Crippen molar-refractivity contribution in [2.45, 2.75) is 25.7 Å². The number of nitrogens with one attached hydrogen (secondary N) is 1. The Kier molecular flexibility index (Phi) is 6.71. The largest absolute Gasteiger partial charge is 0.482 e. The van der Waals surface area contributed by atoms with Crippen molar-refractivity contribution in [1.29, 1.82) is 0 Å². The molecule has 1 atom stereocenters. The Morgan fingerprint density at radius 2 is 2.13 bits per heavy atom. The van der Waals surface area contributed by atoms with Gasteiger partial charge in [-0.25, -0.2) is 0 Å². The molecule has 1 unspecified atom stereocenters. The highest BCUT2D eigenvalue weighted by molar-refractivity contribution is 6.04. The highest BCUT2D eigenvalue weighted by Gasteiger charge is 2.28. The third kappa shape index (κ3) is 5.89.